The summed E-state index contributed by atoms with van der Waals surface area (Å²) in [6, 6.07) is 0. The Kier molecular flexibility index (Phi) is 4.56. The largest absolute Gasteiger partial charge is 0.338 e. The van der Waals surface area contributed by atoms with Crippen molar-refractivity contribution >= 4 is 28.6 Å². The summed E-state index contributed by atoms with van der Waals surface area (Å²) in [5, 5.41) is 3.42. The van der Waals surface area contributed by atoms with Crippen LogP contribution in [0, 0.1) is 6.92 Å². The minimum Gasteiger partial charge on any atom is -0.338 e. The van der Waals surface area contributed by atoms with Crippen LogP contribution in [0.5, 0.6) is 0 Å². The highest BCUT2D eigenvalue weighted by molar-refractivity contribution is 7.11. The number of amides is 1. The molecule has 1 fully saturated rings. The quantitative estimate of drug-likeness (QED) is 0.815. The van der Waals surface area contributed by atoms with E-state index in [4.69, 9.17) is 4.98 Å². The zero-order valence-corrected chi connectivity index (χ0v) is 15.8. The van der Waals surface area contributed by atoms with E-state index >= 15 is 0 Å². The molecule has 1 saturated heterocycles. The molecule has 23 heavy (non-hydrogen) atoms. The number of hydrogen-bond acceptors (Lipinski definition) is 5. The van der Waals surface area contributed by atoms with Crippen molar-refractivity contribution in [3.63, 3.8) is 0 Å². The minimum atomic E-state index is 0.106. The molecular formula is C17H23N3OS2. The number of thiazole rings is 2. The van der Waals surface area contributed by atoms with Crippen molar-refractivity contribution in [2.45, 2.75) is 51.9 Å². The minimum absolute atomic E-state index is 0.106. The van der Waals surface area contributed by atoms with E-state index in [-0.39, 0.29) is 11.3 Å². The van der Waals surface area contributed by atoms with Gasteiger partial charge in [0.05, 0.1) is 21.9 Å². The summed E-state index contributed by atoms with van der Waals surface area (Å²) in [5.74, 6) is 0.626. The molecule has 0 spiro atoms. The highest BCUT2D eigenvalue weighted by Crippen LogP contribution is 2.33. The average molecular weight is 350 g/mol. The second-order valence-electron chi connectivity index (χ2n) is 7.15. The normalized spacial score (nSPS) is 16.8. The molecule has 0 N–H and O–H groups in total. The van der Waals surface area contributed by atoms with Gasteiger partial charge in [0.1, 0.15) is 4.88 Å². The Morgan fingerprint density at radius 3 is 2.48 bits per heavy atom. The molecule has 0 saturated carbocycles. The van der Waals surface area contributed by atoms with E-state index in [9.17, 15) is 4.79 Å². The van der Waals surface area contributed by atoms with E-state index in [2.05, 4.69) is 31.1 Å². The predicted octanol–water partition coefficient (Wildman–Crippen LogP) is 4.23. The molecule has 124 valence electrons. The molecule has 2 aromatic rings. The Morgan fingerprint density at radius 2 is 1.96 bits per heavy atom. The first-order valence-corrected chi connectivity index (χ1v) is 9.77. The number of hydrogen-bond donors (Lipinski definition) is 0. The number of rotatable bonds is 2. The molecule has 1 aliphatic rings. The Bertz CT molecular complexity index is 691. The van der Waals surface area contributed by atoms with Crippen LogP contribution < -0.4 is 0 Å². The van der Waals surface area contributed by atoms with Crippen molar-refractivity contribution in [2.24, 2.45) is 0 Å². The van der Waals surface area contributed by atoms with E-state index in [0.717, 1.165) is 36.5 Å². The summed E-state index contributed by atoms with van der Waals surface area (Å²) in [6.07, 6.45) is 2.00. The number of carbonyl (C=O) groups excluding carboxylic acids is 1. The summed E-state index contributed by atoms with van der Waals surface area (Å²) in [7, 11) is 0. The molecule has 0 aliphatic carbocycles. The van der Waals surface area contributed by atoms with Gasteiger partial charge in [-0.2, -0.15) is 0 Å². The van der Waals surface area contributed by atoms with Crippen LogP contribution in [-0.2, 0) is 5.41 Å². The van der Waals surface area contributed by atoms with Gasteiger partial charge < -0.3 is 4.90 Å². The van der Waals surface area contributed by atoms with Gasteiger partial charge in [0.2, 0.25) is 0 Å². The van der Waals surface area contributed by atoms with Gasteiger partial charge >= 0.3 is 0 Å². The van der Waals surface area contributed by atoms with Gasteiger partial charge in [-0.3, -0.25) is 4.79 Å². The van der Waals surface area contributed by atoms with Crippen LogP contribution in [0.1, 0.15) is 65.6 Å². The molecule has 0 unspecified atom stereocenters. The number of nitrogens with zero attached hydrogens (tertiary/aromatic N) is 3. The molecule has 3 heterocycles. The van der Waals surface area contributed by atoms with Gasteiger partial charge in [0, 0.05) is 29.8 Å². The Labute approximate surface area is 145 Å². The number of likely N-dealkylation sites (tertiary alicyclic amines) is 1. The standard InChI is InChI=1S/C17H23N3OS2/c1-11-14(23-10-18-11)16(21)20-7-5-12(6-8-20)15-19-13(9-22-15)17(2,3)4/h9-10,12H,5-8H2,1-4H3. The van der Waals surface area contributed by atoms with Crippen molar-refractivity contribution in [3.05, 3.63) is 32.2 Å². The third kappa shape index (κ3) is 3.48. The second kappa shape index (κ2) is 6.32. The molecule has 4 nitrogen and oxygen atoms in total. The maximum absolute atomic E-state index is 12.5. The summed E-state index contributed by atoms with van der Waals surface area (Å²) in [5.41, 5.74) is 3.88. The summed E-state index contributed by atoms with van der Waals surface area (Å²) in [4.78, 5) is 24.3. The molecule has 2 aromatic heterocycles. The van der Waals surface area contributed by atoms with Crippen LogP contribution in [0.2, 0.25) is 0 Å². The molecule has 1 amide bonds. The van der Waals surface area contributed by atoms with E-state index in [0.29, 0.717) is 5.92 Å². The molecule has 0 radical (unpaired) electrons. The van der Waals surface area contributed by atoms with Crippen molar-refractivity contribution in [1.82, 2.24) is 14.9 Å². The lowest BCUT2D eigenvalue weighted by molar-refractivity contribution is 0.0717. The fraction of sp³-hybridized carbons (Fsp3) is 0.588. The van der Waals surface area contributed by atoms with Crippen LogP contribution in [0.15, 0.2) is 10.9 Å². The topological polar surface area (TPSA) is 46.1 Å². The third-order valence-electron chi connectivity index (χ3n) is 4.36. The Hall–Kier alpha value is -1.27. The van der Waals surface area contributed by atoms with Crippen molar-refractivity contribution in [3.8, 4) is 0 Å². The molecule has 1 aliphatic heterocycles. The van der Waals surface area contributed by atoms with Crippen LogP contribution in [0.25, 0.3) is 0 Å². The highest BCUT2D eigenvalue weighted by atomic mass is 32.1. The Balaban J connectivity index is 1.63. The molecule has 3 rings (SSSR count). The van der Waals surface area contributed by atoms with Gasteiger partial charge in [-0.15, -0.1) is 22.7 Å². The second-order valence-corrected chi connectivity index (χ2v) is 8.90. The summed E-state index contributed by atoms with van der Waals surface area (Å²) in [6.45, 7) is 10.1. The molecule has 0 atom stereocenters. The number of carbonyl (C=O) groups is 1. The highest BCUT2D eigenvalue weighted by Gasteiger charge is 2.28. The smallest absolute Gasteiger partial charge is 0.265 e. The van der Waals surface area contributed by atoms with Crippen molar-refractivity contribution in [1.29, 1.82) is 0 Å². The van der Waals surface area contributed by atoms with Crippen LogP contribution in [0.3, 0.4) is 0 Å². The van der Waals surface area contributed by atoms with Crippen molar-refractivity contribution in [2.75, 3.05) is 13.1 Å². The number of piperidine rings is 1. The van der Waals surface area contributed by atoms with Crippen LogP contribution in [0.4, 0.5) is 0 Å². The first-order valence-electron chi connectivity index (χ1n) is 8.01. The van der Waals surface area contributed by atoms with E-state index in [1.54, 1.807) is 16.8 Å². The summed E-state index contributed by atoms with van der Waals surface area (Å²) >= 11 is 3.21. The maximum Gasteiger partial charge on any atom is 0.265 e. The van der Waals surface area contributed by atoms with E-state index < -0.39 is 0 Å². The number of aryl methyl sites for hydroxylation is 1. The average Bonchev–Trinajstić information content (AvgIpc) is 3.15. The predicted molar refractivity (Wildman–Crippen MR) is 95.5 cm³/mol. The Morgan fingerprint density at radius 1 is 1.26 bits per heavy atom. The van der Waals surface area contributed by atoms with Crippen molar-refractivity contribution < 1.29 is 4.79 Å². The van der Waals surface area contributed by atoms with Gasteiger partial charge in [0.15, 0.2) is 0 Å². The zero-order valence-electron chi connectivity index (χ0n) is 14.1. The van der Waals surface area contributed by atoms with Gasteiger partial charge in [-0.1, -0.05) is 20.8 Å². The van der Waals surface area contributed by atoms with Crippen LogP contribution >= 0.6 is 22.7 Å². The van der Waals surface area contributed by atoms with Crippen LogP contribution in [-0.4, -0.2) is 33.9 Å². The van der Waals surface area contributed by atoms with E-state index in [1.807, 2.05) is 11.8 Å². The zero-order chi connectivity index (χ0) is 16.6. The lowest BCUT2D eigenvalue weighted by Gasteiger charge is -2.31. The number of aromatic nitrogens is 2. The first-order chi connectivity index (χ1) is 10.9. The monoisotopic (exact) mass is 349 g/mol. The van der Waals surface area contributed by atoms with Gasteiger partial charge in [-0.25, -0.2) is 9.97 Å². The SMILES string of the molecule is Cc1ncsc1C(=O)N1CCC(c2nc(C(C)(C)C)cs2)CC1. The fourth-order valence-corrected chi connectivity index (χ4v) is 4.79. The van der Waals surface area contributed by atoms with Gasteiger partial charge in [0.25, 0.3) is 5.91 Å². The maximum atomic E-state index is 12.5. The van der Waals surface area contributed by atoms with Gasteiger partial charge in [-0.05, 0) is 19.8 Å². The molecule has 6 heteroatoms. The summed E-state index contributed by atoms with van der Waals surface area (Å²) < 4.78 is 0. The molecular weight excluding hydrogens is 326 g/mol. The third-order valence-corrected chi connectivity index (χ3v) is 6.29. The molecule has 0 aromatic carbocycles. The fourth-order valence-electron chi connectivity index (χ4n) is 2.80. The van der Waals surface area contributed by atoms with E-state index in [1.165, 1.54) is 22.0 Å². The first kappa shape index (κ1) is 16.6. The lowest BCUT2D eigenvalue weighted by atomic mass is 9.93. The molecule has 0 bridgehead atoms. The lowest BCUT2D eigenvalue weighted by Crippen LogP contribution is -2.37.